The smallest absolute Gasteiger partial charge is 0.176 e. The lowest BCUT2D eigenvalue weighted by Gasteiger charge is -2.26. The Morgan fingerprint density at radius 1 is 1.24 bits per heavy atom. The van der Waals surface area contributed by atoms with E-state index >= 15 is 0 Å². The number of rotatable bonds is 5. The van der Waals surface area contributed by atoms with Crippen molar-refractivity contribution in [3.8, 4) is 0 Å². The van der Waals surface area contributed by atoms with Crippen LogP contribution in [-0.4, -0.2) is 18.4 Å². The molecule has 1 aromatic rings. The fraction of sp³-hybridized carbons (Fsp3) is 0.533. The van der Waals surface area contributed by atoms with E-state index in [1.165, 1.54) is 37.7 Å². The Balaban J connectivity index is 1.65. The molecular formula is C15H19NO. The zero-order chi connectivity index (χ0) is 11.7. The van der Waals surface area contributed by atoms with Gasteiger partial charge in [-0.2, -0.15) is 0 Å². The van der Waals surface area contributed by atoms with Crippen molar-refractivity contribution in [1.29, 1.82) is 0 Å². The molecule has 0 heterocycles. The van der Waals surface area contributed by atoms with Crippen LogP contribution in [0.15, 0.2) is 24.3 Å². The summed E-state index contributed by atoms with van der Waals surface area (Å²) in [6.07, 6.45) is 6.38. The van der Waals surface area contributed by atoms with Crippen molar-refractivity contribution in [2.45, 2.75) is 44.1 Å². The van der Waals surface area contributed by atoms with Crippen molar-refractivity contribution in [1.82, 2.24) is 5.32 Å². The maximum atomic E-state index is 12.0. The summed E-state index contributed by atoms with van der Waals surface area (Å²) >= 11 is 0. The third kappa shape index (κ3) is 2.58. The monoisotopic (exact) mass is 229 g/mol. The summed E-state index contributed by atoms with van der Waals surface area (Å²) in [5.74, 6) is 0.942. The standard InChI is InChI=1S/C15H19NO/c17-15(10-16-14-7-8-14)13-6-2-5-12(9-13)11-3-1-4-11/h2,5-6,9,11,14,16H,1,3-4,7-8,10H2. The predicted molar refractivity (Wildman–Crippen MR) is 68.4 cm³/mol. The molecule has 2 aliphatic carbocycles. The molecular weight excluding hydrogens is 210 g/mol. The number of nitrogens with one attached hydrogen (secondary N) is 1. The zero-order valence-corrected chi connectivity index (χ0v) is 10.1. The van der Waals surface area contributed by atoms with E-state index in [9.17, 15) is 4.79 Å². The molecule has 2 heteroatoms. The summed E-state index contributed by atoms with van der Waals surface area (Å²) < 4.78 is 0. The van der Waals surface area contributed by atoms with Crippen molar-refractivity contribution < 1.29 is 4.79 Å². The summed E-state index contributed by atoms with van der Waals surface area (Å²) in [7, 11) is 0. The highest BCUT2D eigenvalue weighted by atomic mass is 16.1. The summed E-state index contributed by atoms with van der Waals surface area (Å²) in [5, 5.41) is 3.28. The molecule has 0 unspecified atom stereocenters. The molecule has 2 fully saturated rings. The van der Waals surface area contributed by atoms with E-state index < -0.39 is 0 Å². The summed E-state index contributed by atoms with van der Waals surface area (Å²) in [5.41, 5.74) is 2.23. The molecule has 0 amide bonds. The van der Waals surface area contributed by atoms with Crippen LogP contribution in [0.3, 0.4) is 0 Å². The van der Waals surface area contributed by atoms with Crippen molar-refractivity contribution >= 4 is 5.78 Å². The van der Waals surface area contributed by atoms with Gasteiger partial charge in [-0.3, -0.25) is 4.79 Å². The van der Waals surface area contributed by atoms with Crippen LogP contribution in [0.2, 0.25) is 0 Å². The van der Waals surface area contributed by atoms with Gasteiger partial charge in [-0.1, -0.05) is 24.6 Å². The van der Waals surface area contributed by atoms with Gasteiger partial charge in [0.2, 0.25) is 0 Å². The zero-order valence-electron chi connectivity index (χ0n) is 10.1. The Bertz CT molecular complexity index is 419. The molecule has 0 atom stereocenters. The van der Waals surface area contributed by atoms with E-state index in [1.54, 1.807) is 0 Å². The highest BCUT2D eigenvalue weighted by molar-refractivity contribution is 5.97. The van der Waals surface area contributed by atoms with Crippen LogP contribution >= 0.6 is 0 Å². The first kappa shape index (κ1) is 11.0. The van der Waals surface area contributed by atoms with Gasteiger partial charge in [-0.25, -0.2) is 0 Å². The number of Topliss-reactive ketones (excluding diaryl/α,β-unsaturated/α-hetero) is 1. The lowest BCUT2D eigenvalue weighted by molar-refractivity contribution is 0.0990. The van der Waals surface area contributed by atoms with E-state index in [1.807, 2.05) is 12.1 Å². The van der Waals surface area contributed by atoms with Gasteiger partial charge in [-0.15, -0.1) is 0 Å². The normalized spacial score (nSPS) is 20.0. The van der Waals surface area contributed by atoms with Gasteiger partial charge in [0.05, 0.1) is 6.54 Å². The topological polar surface area (TPSA) is 29.1 Å². The molecule has 2 aliphatic rings. The van der Waals surface area contributed by atoms with Crippen LogP contribution in [0.4, 0.5) is 0 Å². The Morgan fingerprint density at radius 3 is 2.71 bits per heavy atom. The second-order valence-electron chi connectivity index (χ2n) is 5.33. The van der Waals surface area contributed by atoms with Crippen molar-refractivity contribution in [2.75, 3.05) is 6.54 Å². The van der Waals surface area contributed by atoms with Crippen molar-refractivity contribution in [3.05, 3.63) is 35.4 Å². The van der Waals surface area contributed by atoms with E-state index in [2.05, 4.69) is 17.4 Å². The van der Waals surface area contributed by atoms with Gasteiger partial charge in [0, 0.05) is 11.6 Å². The number of ketones is 1. The lowest BCUT2D eigenvalue weighted by atomic mass is 9.79. The molecule has 90 valence electrons. The van der Waals surface area contributed by atoms with Crippen LogP contribution in [0, 0.1) is 0 Å². The minimum absolute atomic E-state index is 0.234. The van der Waals surface area contributed by atoms with Crippen LogP contribution in [-0.2, 0) is 0 Å². The Labute approximate surface area is 102 Å². The largest absolute Gasteiger partial charge is 0.307 e. The number of benzene rings is 1. The van der Waals surface area contributed by atoms with Crippen LogP contribution in [0.1, 0.15) is 53.9 Å². The fourth-order valence-corrected chi connectivity index (χ4v) is 2.33. The Hall–Kier alpha value is -1.15. The van der Waals surface area contributed by atoms with Crippen molar-refractivity contribution in [2.24, 2.45) is 0 Å². The van der Waals surface area contributed by atoms with Crippen LogP contribution < -0.4 is 5.32 Å². The lowest BCUT2D eigenvalue weighted by Crippen LogP contribution is -2.25. The van der Waals surface area contributed by atoms with E-state index in [0.29, 0.717) is 18.5 Å². The highest BCUT2D eigenvalue weighted by Gasteiger charge is 2.22. The molecule has 2 saturated carbocycles. The molecule has 0 aliphatic heterocycles. The number of carbonyl (C=O) groups is 1. The van der Waals surface area contributed by atoms with Crippen LogP contribution in [0.5, 0.6) is 0 Å². The molecule has 1 aromatic carbocycles. The SMILES string of the molecule is O=C(CNC1CC1)c1cccc(C2CCC2)c1. The molecule has 0 bridgehead atoms. The molecule has 0 aromatic heterocycles. The number of carbonyl (C=O) groups excluding carboxylic acids is 1. The number of hydrogen-bond acceptors (Lipinski definition) is 2. The van der Waals surface area contributed by atoms with E-state index in [-0.39, 0.29) is 5.78 Å². The summed E-state index contributed by atoms with van der Waals surface area (Å²) in [6.45, 7) is 0.499. The number of hydrogen-bond donors (Lipinski definition) is 1. The van der Waals surface area contributed by atoms with Gasteiger partial charge < -0.3 is 5.32 Å². The Morgan fingerprint density at radius 2 is 2.06 bits per heavy atom. The average Bonchev–Trinajstić information content (AvgIpc) is 3.08. The van der Waals surface area contributed by atoms with Crippen LogP contribution in [0.25, 0.3) is 0 Å². The average molecular weight is 229 g/mol. The summed E-state index contributed by atoms with van der Waals surface area (Å²) in [6, 6.07) is 8.83. The predicted octanol–water partition coefficient (Wildman–Crippen LogP) is 2.89. The maximum Gasteiger partial charge on any atom is 0.176 e. The van der Waals surface area contributed by atoms with Gasteiger partial charge in [0.1, 0.15) is 0 Å². The minimum atomic E-state index is 0.234. The molecule has 3 rings (SSSR count). The van der Waals surface area contributed by atoms with Gasteiger partial charge in [0.25, 0.3) is 0 Å². The van der Waals surface area contributed by atoms with Gasteiger partial charge in [0.15, 0.2) is 5.78 Å². The quantitative estimate of drug-likeness (QED) is 0.787. The molecule has 17 heavy (non-hydrogen) atoms. The minimum Gasteiger partial charge on any atom is -0.307 e. The first-order chi connectivity index (χ1) is 8.33. The third-order valence-electron chi connectivity index (χ3n) is 3.91. The maximum absolute atomic E-state index is 12.0. The van der Waals surface area contributed by atoms with E-state index in [4.69, 9.17) is 0 Å². The first-order valence-electron chi connectivity index (χ1n) is 6.69. The van der Waals surface area contributed by atoms with E-state index in [0.717, 1.165) is 5.56 Å². The molecule has 1 N–H and O–H groups in total. The fourth-order valence-electron chi connectivity index (χ4n) is 2.33. The third-order valence-corrected chi connectivity index (χ3v) is 3.91. The van der Waals surface area contributed by atoms with Gasteiger partial charge >= 0.3 is 0 Å². The first-order valence-corrected chi connectivity index (χ1v) is 6.69. The molecule has 0 saturated heterocycles. The Kier molecular flexibility index (Phi) is 2.98. The second-order valence-corrected chi connectivity index (χ2v) is 5.33. The molecule has 2 nitrogen and oxygen atoms in total. The molecule has 0 radical (unpaired) electrons. The molecule has 0 spiro atoms. The second kappa shape index (κ2) is 4.61. The highest BCUT2D eigenvalue weighted by Crippen LogP contribution is 2.36. The summed E-state index contributed by atoms with van der Waals surface area (Å²) in [4.78, 5) is 12.0. The van der Waals surface area contributed by atoms with Crippen molar-refractivity contribution in [3.63, 3.8) is 0 Å². The van der Waals surface area contributed by atoms with Gasteiger partial charge in [-0.05, 0) is 43.2 Å².